The zero-order valence-electron chi connectivity index (χ0n) is 8.29. The SMILES string of the molecule is COC(=O)CNC(=O)C1CCCC1N. The van der Waals surface area contributed by atoms with Gasteiger partial charge in [0, 0.05) is 6.04 Å². The van der Waals surface area contributed by atoms with Gasteiger partial charge in [-0.25, -0.2) is 0 Å². The molecule has 80 valence electrons. The van der Waals surface area contributed by atoms with Gasteiger partial charge in [-0.2, -0.15) is 0 Å². The molecule has 0 radical (unpaired) electrons. The Labute approximate surface area is 83.0 Å². The highest BCUT2D eigenvalue weighted by Gasteiger charge is 2.30. The van der Waals surface area contributed by atoms with Crippen LogP contribution in [0.2, 0.25) is 0 Å². The number of amides is 1. The van der Waals surface area contributed by atoms with Crippen LogP contribution < -0.4 is 11.1 Å². The van der Waals surface area contributed by atoms with Crippen LogP contribution in [0.15, 0.2) is 0 Å². The maximum atomic E-state index is 11.5. The van der Waals surface area contributed by atoms with Crippen LogP contribution in [0.5, 0.6) is 0 Å². The van der Waals surface area contributed by atoms with Crippen LogP contribution in [0.3, 0.4) is 0 Å². The van der Waals surface area contributed by atoms with Crippen molar-refractivity contribution in [2.45, 2.75) is 25.3 Å². The summed E-state index contributed by atoms with van der Waals surface area (Å²) in [6, 6.07) is -0.0624. The van der Waals surface area contributed by atoms with E-state index in [2.05, 4.69) is 10.1 Å². The fourth-order valence-corrected chi connectivity index (χ4v) is 1.68. The van der Waals surface area contributed by atoms with Crippen LogP contribution in [0.4, 0.5) is 0 Å². The van der Waals surface area contributed by atoms with Gasteiger partial charge in [-0.1, -0.05) is 6.42 Å². The number of methoxy groups -OCH3 is 1. The molecule has 1 fully saturated rings. The number of carbonyl (C=O) groups excluding carboxylic acids is 2. The van der Waals surface area contributed by atoms with E-state index in [1.807, 2.05) is 0 Å². The van der Waals surface area contributed by atoms with E-state index in [4.69, 9.17) is 5.73 Å². The summed E-state index contributed by atoms with van der Waals surface area (Å²) in [6.07, 6.45) is 2.68. The third-order valence-corrected chi connectivity index (χ3v) is 2.54. The minimum atomic E-state index is -0.440. The van der Waals surface area contributed by atoms with E-state index >= 15 is 0 Å². The smallest absolute Gasteiger partial charge is 0.325 e. The van der Waals surface area contributed by atoms with Crippen LogP contribution in [0.25, 0.3) is 0 Å². The fourth-order valence-electron chi connectivity index (χ4n) is 1.68. The predicted octanol–water partition coefficient (Wildman–Crippen LogP) is -0.597. The van der Waals surface area contributed by atoms with E-state index in [-0.39, 0.29) is 24.4 Å². The standard InChI is InChI=1S/C9H16N2O3/c1-14-8(12)5-11-9(13)6-3-2-4-7(6)10/h6-7H,2-5,10H2,1H3,(H,11,13). The number of nitrogens with one attached hydrogen (secondary N) is 1. The van der Waals surface area contributed by atoms with E-state index in [1.165, 1.54) is 7.11 Å². The van der Waals surface area contributed by atoms with Crippen LogP contribution >= 0.6 is 0 Å². The summed E-state index contributed by atoms with van der Waals surface area (Å²) in [6.45, 7) is -0.0709. The van der Waals surface area contributed by atoms with Crippen molar-refractivity contribution in [3.8, 4) is 0 Å². The summed E-state index contributed by atoms with van der Waals surface area (Å²) in [4.78, 5) is 22.2. The highest BCUT2D eigenvalue weighted by Crippen LogP contribution is 2.23. The molecule has 2 atom stereocenters. The molecule has 1 amide bonds. The molecule has 0 spiro atoms. The Kier molecular flexibility index (Phi) is 3.88. The van der Waals surface area contributed by atoms with E-state index in [0.717, 1.165) is 19.3 Å². The Morgan fingerprint density at radius 1 is 1.50 bits per heavy atom. The van der Waals surface area contributed by atoms with Crippen LogP contribution in [-0.2, 0) is 14.3 Å². The molecule has 1 aliphatic carbocycles. The highest BCUT2D eigenvalue weighted by molar-refractivity contribution is 5.84. The number of hydrogen-bond acceptors (Lipinski definition) is 4. The Hall–Kier alpha value is -1.10. The molecule has 1 saturated carbocycles. The van der Waals surface area contributed by atoms with E-state index in [1.54, 1.807) is 0 Å². The summed E-state index contributed by atoms with van der Waals surface area (Å²) >= 11 is 0. The molecule has 0 heterocycles. The average Bonchev–Trinajstić information content (AvgIpc) is 2.60. The first-order valence-electron chi connectivity index (χ1n) is 4.75. The molecule has 0 saturated heterocycles. The summed E-state index contributed by atoms with van der Waals surface area (Å²) in [5.74, 6) is -0.718. The average molecular weight is 200 g/mol. The monoisotopic (exact) mass is 200 g/mol. The molecule has 5 heteroatoms. The molecule has 5 nitrogen and oxygen atoms in total. The van der Waals surface area contributed by atoms with Crippen molar-refractivity contribution in [3.05, 3.63) is 0 Å². The number of ether oxygens (including phenoxy) is 1. The van der Waals surface area contributed by atoms with Gasteiger partial charge in [0.1, 0.15) is 6.54 Å². The van der Waals surface area contributed by atoms with Crippen molar-refractivity contribution < 1.29 is 14.3 Å². The molecular weight excluding hydrogens is 184 g/mol. The quantitative estimate of drug-likeness (QED) is 0.596. The lowest BCUT2D eigenvalue weighted by Gasteiger charge is -2.14. The molecule has 0 bridgehead atoms. The normalized spacial score (nSPS) is 25.9. The third kappa shape index (κ3) is 2.70. The molecule has 0 aromatic rings. The maximum Gasteiger partial charge on any atom is 0.325 e. The van der Waals surface area contributed by atoms with Crippen LogP contribution in [0.1, 0.15) is 19.3 Å². The Morgan fingerprint density at radius 2 is 2.21 bits per heavy atom. The highest BCUT2D eigenvalue weighted by atomic mass is 16.5. The largest absolute Gasteiger partial charge is 0.468 e. The molecule has 1 rings (SSSR count). The van der Waals surface area contributed by atoms with E-state index in [9.17, 15) is 9.59 Å². The van der Waals surface area contributed by atoms with Gasteiger partial charge in [-0.15, -0.1) is 0 Å². The second kappa shape index (κ2) is 4.95. The summed E-state index contributed by atoms with van der Waals surface area (Å²) in [5, 5.41) is 2.51. The second-order valence-corrected chi connectivity index (χ2v) is 3.50. The first-order chi connectivity index (χ1) is 6.65. The Bertz CT molecular complexity index is 230. The van der Waals surface area contributed by atoms with Gasteiger partial charge in [0.25, 0.3) is 0 Å². The minimum Gasteiger partial charge on any atom is -0.468 e. The molecule has 2 unspecified atom stereocenters. The lowest BCUT2D eigenvalue weighted by Crippen LogP contribution is -2.40. The number of esters is 1. The Morgan fingerprint density at radius 3 is 2.71 bits per heavy atom. The van der Waals surface area contributed by atoms with Gasteiger partial charge >= 0.3 is 5.97 Å². The summed E-state index contributed by atoms with van der Waals surface area (Å²) in [5.41, 5.74) is 5.74. The molecular formula is C9H16N2O3. The van der Waals surface area contributed by atoms with Crippen molar-refractivity contribution in [1.82, 2.24) is 5.32 Å². The van der Waals surface area contributed by atoms with Gasteiger partial charge < -0.3 is 15.8 Å². The molecule has 0 aromatic carbocycles. The first kappa shape index (κ1) is 11.0. The topological polar surface area (TPSA) is 81.4 Å². The molecule has 0 aliphatic heterocycles. The van der Waals surface area contributed by atoms with Gasteiger partial charge in [0.15, 0.2) is 0 Å². The van der Waals surface area contributed by atoms with Crippen molar-refractivity contribution in [1.29, 1.82) is 0 Å². The zero-order valence-corrected chi connectivity index (χ0v) is 8.29. The molecule has 0 aromatic heterocycles. The molecule has 14 heavy (non-hydrogen) atoms. The second-order valence-electron chi connectivity index (χ2n) is 3.50. The fraction of sp³-hybridized carbons (Fsp3) is 0.778. The van der Waals surface area contributed by atoms with Gasteiger partial charge in [-0.3, -0.25) is 9.59 Å². The molecule has 1 aliphatic rings. The third-order valence-electron chi connectivity index (χ3n) is 2.54. The van der Waals surface area contributed by atoms with Crippen molar-refractivity contribution in [2.24, 2.45) is 11.7 Å². The van der Waals surface area contributed by atoms with Crippen LogP contribution in [0, 0.1) is 5.92 Å². The van der Waals surface area contributed by atoms with Gasteiger partial charge in [0.2, 0.25) is 5.91 Å². The van der Waals surface area contributed by atoms with Crippen molar-refractivity contribution >= 4 is 11.9 Å². The predicted molar refractivity (Wildman–Crippen MR) is 50.3 cm³/mol. The Balaban J connectivity index is 2.31. The zero-order chi connectivity index (χ0) is 10.6. The van der Waals surface area contributed by atoms with Gasteiger partial charge in [-0.05, 0) is 12.8 Å². The summed E-state index contributed by atoms with van der Waals surface area (Å²) < 4.78 is 4.41. The number of carbonyl (C=O) groups is 2. The van der Waals surface area contributed by atoms with Crippen molar-refractivity contribution in [3.63, 3.8) is 0 Å². The molecule has 3 N–H and O–H groups in total. The van der Waals surface area contributed by atoms with Crippen LogP contribution in [-0.4, -0.2) is 31.6 Å². The lowest BCUT2D eigenvalue weighted by atomic mass is 10.0. The minimum absolute atomic E-state index is 0.0624. The number of hydrogen-bond donors (Lipinski definition) is 2. The lowest BCUT2D eigenvalue weighted by molar-refractivity contribution is -0.141. The number of nitrogens with two attached hydrogens (primary N) is 1. The maximum absolute atomic E-state index is 11.5. The van der Waals surface area contributed by atoms with Crippen molar-refractivity contribution in [2.75, 3.05) is 13.7 Å². The first-order valence-corrected chi connectivity index (χ1v) is 4.75. The van der Waals surface area contributed by atoms with E-state index in [0.29, 0.717) is 0 Å². The number of rotatable bonds is 3. The summed E-state index contributed by atoms with van der Waals surface area (Å²) in [7, 11) is 1.29. The van der Waals surface area contributed by atoms with E-state index < -0.39 is 5.97 Å². The van der Waals surface area contributed by atoms with Gasteiger partial charge in [0.05, 0.1) is 13.0 Å².